The lowest BCUT2D eigenvalue weighted by Crippen LogP contribution is -2.29. The number of likely N-dealkylation sites (tertiary alicyclic amines) is 1. The van der Waals surface area contributed by atoms with E-state index in [-0.39, 0.29) is 23.4 Å². The van der Waals surface area contributed by atoms with Crippen LogP contribution in [-0.4, -0.2) is 40.9 Å². The van der Waals surface area contributed by atoms with Gasteiger partial charge in [-0.1, -0.05) is 35.9 Å². The van der Waals surface area contributed by atoms with Crippen LogP contribution in [0.3, 0.4) is 0 Å². The topological polar surface area (TPSA) is 89.0 Å². The number of carbonyl (C=O) groups is 2. The zero-order valence-corrected chi connectivity index (χ0v) is 18.7. The van der Waals surface area contributed by atoms with Gasteiger partial charge in [0.25, 0.3) is 11.7 Å². The van der Waals surface area contributed by atoms with Gasteiger partial charge < -0.3 is 19.5 Å². The van der Waals surface area contributed by atoms with E-state index >= 15 is 0 Å². The normalized spacial score (nSPS) is 17.3. The molecule has 1 aliphatic rings. The van der Waals surface area contributed by atoms with Crippen molar-refractivity contribution >= 4 is 29.1 Å². The molecule has 0 spiro atoms. The lowest BCUT2D eigenvalue weighted by atomic mass is 9.94. The van der Waals surface area contributed by atoms with Crippen LogP contribution in [0.4, 0.5) is 0 Å². The van der Waals surface area contributed by atoms with E-state index in [0.717, 1.165) is 0 Å². The fraction of sp³-hybridized carbons (Fsp3) is 0.160. The maximum atomic E-state index is 13.2. The minimum Gasteiger partial charge on any atom is -0.506 e. The van der Waals surface area contributed by atoms with Crippen LogP contribution < -0.4 is 9.47 Å². The Hall–Kier alpha value is -3.84. The van der Waals surface area contributed by atoms with Crippen molar-refractivity contribution in [1.29, 1.82) is 0 Å². The average Bonchev–Trinajstić information content (AvgIpc) is 3.09. The van der Waals surface area contributed by atoms with Crippen molar-refractivity contribution in [3.63, 3.8) is 0 Å². The highest BCUT2D eigenvalue weighted by atomic mass is 35.5. The molecule has 0 radical (unpaired) electrons. The number of halogens is 1. The molecular weight excluding hydrogens is 444 g/mol. The molecule has 2 heterocycles. The SMILES string of the molecule is COc1cccc(OC)c1/C(O)=C1\C(=O)C(=O)N(Cc2ccccn2)C1c1ccc(Cl)cc1. The van der Waals surface area contributed by atoms with Crippen LogP contribution >= 0.6 is 11.6 Å². The van der Waals surface area contributed by atoms with Gasteiger partial charge in [-0.15, -0.1) is 0 Å². The lowest BCUT2D eigenvalue weighted by Gasteiger charge is -2.25. The van der Waals surface area contributed by atoms with Gasteiger partial charge in [0.1, 0.15) is 22.8 Å². The molecule has 8 heteroatoms. The second kappa shape index (κ2) is 9.34. The first-order valence-corrected chi connectivity index (χ1v) is 10.5. The standard InChI is InChI=1S/C25H21ClN2O5/c1-32-18-7-5-8-19(33-2)20(18)23(29)21-22(15-9-11-16(26)12-10-15)28(25(31)24(21)30)14-17-6-3-4-13-27-17/h3-13,22,29H,14H2,1-2H3/b23-21+. The van der Waals surface area contributed by atoms with Gasteiger partial charge in [0.15, 0.2) is 0 Å². The maximum absolute atomic E-state index is 13.2. The second-order valence-corrected chi connectivity index (χ2v) is 7.77. The molecule has 7 nitrogen and oxygen atoms in total. The molecule has 1 unspecified atom stereocenters. The van der Waals surface area contributed by atoms with Gasteiger partial charge in [-0.3, -0.25) is 14.6 Å². The van der Waals surface area contributed by atoms with Crippen molar-refractivity contribution in [2.45, 2.75) is 12.6 Å². The first-order chi connectivity index (χ1) is 16.0. The molecule has 1 aliphatic heterocycles. The minimum atomic E-state index is -0.862. The molecule has 168 valence electrons. The average molecular weight is 465 g/mol. The summed E-state index contributed by atoms with van der Waals surface area (Å²) < 4.78 is 10.8. The lowest BCUT2D eigenvalue weighted by molar-refractivity contribution is -0.140. The highest BCUT2D eigenvalue weighted by molar-refractivity contribution is 6.46. The van der Waals surface area contributed by atoms with E-state index in [1.165, 1.54) is 19.1 Å². The monoisotopic (exact) mass is 464 g/mol. The van der Waals surface area contributed by atoms with Gasteiger partial charge in [-0.05, 0) is 42.0 Å². The smallest absolute Gasteiger partial charge is 0.296 e. The Bertz CT molecular complexity index is 1200. The summed E-state index contributed by atoms with van der Waals surface area (Å²) >= 11 is 6.06. The summed E-state index contributed by atoms with van der Waals surface area (Å²) in [5, 5.41) is 11.9. The summed E-state index contributed by atoms with van der Waals surface area (Å²) in [5.41, 5.74) is 1.34. The summed E-state index contributed by atoms with van der Waals surface area (Å²) in [6, 6.07) is 16.2. The first kappa shape index (κ1) is 22.4. The Kier molecular flexibility index (Phi) is 6.33. The Balaban J connectivity index is 1.93. The maximum Gasteiger partial charge on any atom is 0.296 e. The number of hydrogen-bond donors (Lipinski definition) is 1. The minimum absolute atomic E-state index is 0.0685. The summed E-state index contributed by atoms with van der Waals surface area (Å²) in [6.07, 6.45) is 1.61. The van der Waals surface area contributed by atoms with Crippen LogP contribution in [0.5, 0.6) is 11.5 Å². The number of pyridine rings is 1. The van der Waals surface area contributed by atoms with Crippen molar-refractivity contribution in [3.05, 3.63) is 94.3 Å². The predicted octanol–water partition coefficient (Wildman–Crippen LogP) is 4.37. The number of carbonyl (C=O) groups excluding carboxylic acids is 2. The van der Waals surface area contributed by atoms with E-state index in [2.05, 4.69) is 4.98 Å². The predicted molar refractivity (Wildman–Crippen MR) is 123 cm³/mol. The van der Waals surface area contributed by atoms with Crippen molar-refractivity contribution in [2.24, 2.45) is 0 Å². The van der Waals surface area contributed by atoms with Gasteiger partial charge >= 0.3 is 0 Å². The summed E-state index contributed by atoms with van der Waals surface area (Å²) in [6.45, 7) is 0.0819. The van der Waals surface area contributed by atoms with Gasteiger partial charge in [0.05, 0.1) is 38.1 Å². The first-order valence-electron chi connectivity index (χ1n) is 10.1. The molecule has 1 fully saturated rings. The number of ether oxygens (including phenoxy) is 2. The van der Waals surface area contributed by atoms with Crippen LogP contribution in [0.1, 0.15) is 22.9 Å². The zero-order valence-electron chi connectivity index (χ0n) is 18.0. The van der Waals surface area contributed by atoms with Crippen molar-refractivity contribution < 1.29 is 24.2 Å². The molecule has 1 saturated heterocycles. The van der Waals surface area contributed by atoms with Crippen LogP contribution in [0.25, 0.3) is 5.76 Å². The van der Waals surface area contributed by atoms with Crippen molar-refractivity contribution in [2.75, 3.05) is 14.2 Å². The van der Waals surface area contributed by atoms with Gasteiger partial charge in [0.2, 0.25) is 0 Å². The fourth-order valence-corrected chi connectivity index (χ4v) is 4.05. The van der Waals surface area contributed by atoms with Crippen LogP contribution in [-0.2, 0) is 16.1 Å². The second-order valence-electron chi connectivity index (χ2n) is 7.34. The molecule has 4 rings (SSSR count). The molecule has 0 bridgehead atoms. The number of amides is 1. The Labute approximate surface area is 195 Å². The molecule has 1 atom stereocenters. The highest BCUT2D eigenvalue weighted by Gasteiger charge is 2.46. The number of nitrogens with zero attached hydrogens (tertiary/aromatic N) is 2. The number of rotatable bonds is 6. The molecule has 1 aromatic heterocycles. The summed E-state index contributed by atoms with van der Waals surface area (Å²) in [5.74, 6) is -1.33. The van der Waals surface area contributed by atoms with E-state index in [4.69, 9.17) is 21.1 Å². The van der Waals surface area contributed by atoms with Gasteiger partial charge in [-0.2, -0.15) is 0 Å². The fourth-order valence-electron chi connectivity index (χ4n) is 3.92. The molecule has 33 heavy (non-hydrogen) atoms. The Morgan fingerprint density at radius 2 is 1.67 bits per heavy atom. The summed E-state index contributed by atoms with van der Waals surface area (Å²) in [7, 11) is 2.89. The van der Waals surface area contributed by atoms with Crippen molar-refractivity contribution in [3.8, 4) is 11.5 Å². The number of hydrogen-bond acceptors (Lipinski definition) is 6. The van der Waals surface area contributed by atoms with Crippen LogP contribution in [0.2, 0.25) is 5.02 Å². The molecule has 1 N–H and O–H groups in total. The van der Waals surface area contributed by atoms with E-state index in [1.54, 1.807) is 66.9 Å². The molecular formula is C25H21ClN2O5. The van der Waals surface area contributed by atoms with E-state index in [0.29, 0.717) is 27.8 Å². The number of aliphatic hydroxyl groups excluding tert-OH is 1. The molecule has 0 saturated carbocycles. The third-order valence-electron chi connectivity index (χ3n) is 5.45. The number of Topliss-reactive ketones (excluding diaryl/α,β-unsaturated/α-hetero) is 1. The quantitative estimate of drug-likeness (QED) is 0.331. The largest absolute Gasteiger partial charge is 0.506 e. The molecule has 0 aliphatic carbocycles. The molecule has 2 aromatic carbocycles. The number of benzene rings is 2. The van der Waals surface area contributed by atoms with E-state index < -0.39 is 17.7 Å². The van der Waals surface area contributed by atoms with Gasteiger partial charge in [0, 0.05) is 11.2 Å². The number of aliphatic hydroxyl groups is 1. The highest BCUT2D eigenvalue weighted by Crippen LogP contribution is 2.44. The molecule has 3 aromatic rings. The van der Waals surface area contributed by atoms with E-state index in [1.807, 2.05) is 0 Å². The summed E-state index contributed by atoms with van der Waals surface area (Å²) in [4.78, 5) is 32.0. The Morgan fingerprint density at radius 1 is 1.00 bits per heavy atom. The third-order valence-corrected chi connectivity index (χ3v) is 5.70. The van der Waals surface area contributed by atoms with Crippen LogP contribution in [0.15, 0.2) is 72.4 Å². The van der Waals surface area contributed by atoms with Gasteiger partial charge in [-0.25, -0.2) is 0 Å². The Morgan fingerprint density at radius 3 is 2.24 bits per heavy atom. The number of aromatic nitrogens is 1. The number of methoxy groups -OCH3 is 2. The van der Waals surface area contributed by atoms with Crippen LogP contribution in [0, 0.1) is 0 Å². The van der Waals surface area contributed by atoms with E-state index in [9.17, 15) is 14.7 Å². The van der Waals surface area contributed by atoms with Crippen molar-refractivity contribution in [1.82, 2.24) is 9.88 Å². The zero-order chi connectivity index (χ0) is 23.5. The number of ketones is 1. The third kappa shape index (κ3) is 4.15. The molecule has 1 amide bonds.